The number of anilines is 1. The third-order valence-corrected chi connectivity index (χ3v) is 5.81. The minimum Gasteiger partial charge on any atom is -0.346 e. The summed E-state index contributed by atoms with van der Waals surface area (Å²) in [4.78, 5) is 6.79. The Hall–Kier alpha value is -2.37. The smallest absolute Gasteiger partial charge is 0.172 e. The average Bonchev–Trinajstić information content (AvgIpc) is 3.57. The highest BCUT2D eigenvalue weighted by Gasteiger charge is 2.46. The molecule has 1 heterocycles. The molecule has 4 nitrogen and oxygen atoms in total. The fourth-order valence-corrected chi connectivity index (χ4v) is 3.99. The van der Waals surface area contributed by atoms with Crippen LogP contribution in [-0.4, -0.2) is 43.4 Å². The number of para-hydroxylation sites is 1. The van der Waals surface area contributed by atoms with Crippen molar-refractivity contribution in [2.75, 3.05) is 26.0 Å². The van der Waals surface area contributed by atoms with E-state index in [-0.39, 0.29) is 12.5 Å². The zero-order chi connectivity index (χ0) is 21.8. The molecule has 162 valence electrons. The minimum absolute atomic E-state index is 0.0438. The molecule has 0 N–H and O–H groups in total. The molecule has 1 fully saturated rings. The normalized spacial score (nSPS) is 17.9. The second kappa shape index (κ2) is 9.84. The van der Waals surface area contributed by atoms with Crippen molar-refractivity contribution in [2.24, 2.45) is 0 Å². The first kappa shape index (κ1) is 21.8. The maximum absolute atomic E-state index is 6.16. The van der Waals surface area contributed by atoms with Crippen LogP contribution in [0, 0.1) is 0 Å². The van der Waals surface area contributed by atoms with Crippen LogP contribution in [0.4, 0.5) is 5.69 Å². The SMILES string of the molecule is CN(C)Cc1ccc(CN(Cc2ccc(Cl)cc2)C2OC2N(C)c2ccccc2)cc1. The second-order valence-corrected chi connectivity index (χ2v) is 8.89. The Bertz CT molecular complexity index is 960. The van der Waals surface area contributed by atoms with E-state index >= 15 is 0 Å². The molecule has 5 heteroatoms. The Morgan fingerprint density at radius 3 is 1.74 bits per heavy atom. The van der Waals surface area contributed by atoms with Gasteiger partial charge in [-0.05, 0) is 55.1 Å². The number of hydrogen-bond acceptors (Lipinski definition) is 4. The van der Waals surface area contributed by atoms with Gasteiger partial charge in [0.15, 0.2) is 12.5 Å². The lowest BCUT2D eigenvalue weighted by Crippen LogP contribution is -2.32. The maximum Gasteiger partial charge on any atom is 0.172 e. The molecule has 0 aromatic heterocycles. The van der Waals surface area contributed by atoms with E-state index in [1.807, 2.05) is 18.2 Å². The van der Waals surface area contributed by atoms with E-state index in [0.29, 0.717) is 0 Å². The van der Waals surface area contributed by atoms with E-state index in [4.69, 9.17) is 16.3 Å². The number of likely N-dealkylation sites (N-methyl/N-ethyl adjacent to an activating group) is 1. The molecule has 4 rings (SSSR count). The molecule has 1 aliphatic heterocycles. The summed E-state index contributed by atoms with van der Waals surface area (Å²) in [6, 6.07) is 27.4. The molecular weight excluding hydrogens is 406 g/mol. The summed E-state index contributed by atoms with van der Waals surface area (Å²) < 4.78 is 6.16. The lowest BCUT2D eigenvalue weighted by molar-refractivity contribution is 0.159. The zero-order valence-corrected chi connectivity index (χ0v) is 19.2. The summed E-state index contributed by atoms with van der Waals surface area (Å²) >= 11 is 6.09. The Balaban J connectivity index is 1.49. The fourth-order valence-electron chi connectivity index (χ4n) is 3.87. The minimum atomic E-state index is 0.0438. The summed E-state index contributed by atoms with van der Waals surface area (Å²) in [7, 11) is 6.28. The van der Waals surface area contributed by atoms with Crippen LogP contribution >= 0.6 is 11.6 Å². The Morgan fingerprint density at radius 2 is 1.19 bits per heavy atom. The predicted octanol–water partition coefficient (Wildman–Crippen LogP) is 5.22. The number of benzene rings is 3. The third kappa shape index (κ3) is 5.86. The molecule has 0 saturated carbocycles. The van der Waals surface area contributed by atoms with Gasteiger partial charge in [-0.2, -0.15) is 0 Å². The molecule has 0 spiro atoms. The summed E-state index contributed by atoms with van der Waals surface area (Å²) in [6.07, 6.45) is 0.0880. The van der Waals surface area contributed by atoms with Gasteiger partial charge in [0.1, 0.15) is 0 Å². The lowest BCUT2D eigenvalue weighted by Gasteiger charge is -2.23. The molecule has 31 heavy (non-hydrogen) atoms. The number of hydrogen-bond donors (Lipinski definition) is 0. The van der Waals surface area contributed by atoms with Gasteiger partial charge in [-0.15, -0.1) is 0 Å². The highest BCUT2D eigenvalue weighted by molar-refractivity contribution is 6.30. The van der Waals surface area contributed by atoms with Crippen molar-refractivity contribution in [3.8, 4) is 0 Å². The Morgan fingerprint density at radius 1 is 0.677 bits per heavy atom. The van der Waals surface area contributed by atoms with Crippen molar-refractivity contribution in [3.63, 3.8) is 0 Å². The molecule has 1 aliphatic rings. The van der Waals surface area contributed by atoms with Gasteiger partial charge in [-0.25, -0.2) is 0 Å². The van der Waals surface area contributed by atoms with Crippen LogP contribution in [0.1, 0.15) is 16.7 Å². The fraction of sp³-hybridized carbons (Fsp3) is 0.308. The van der Waals surface area contributed by atoms with E-state index in [0.717, 1.165) is 30.3 Å². The largest absolute Gasteiger partial charge is 0.346 e. The first-order chi connectivity index (χ1) is 15.0. The van der Waals surface area contributed by atoms with Crippen LogP contribution in [0.15, 0.2) is 78.9 Å². The first-order valence-electron chi connectivity index (χ1n) is 10.6. The van der Waals surface area contributed by atoms with Crippen molar-refractivity contribution in [1.29, 1.82) is 0 Å². The van der Waals surface area contributed by atoms with Gasteiger partial charge in [0.2, 0.25) is 0 Å². The highest BCUT2D eigenvalue weighted by Crippen LogP contribution is 2.34. The molecule has 3 aromatic rings. The third-order valence-electron chi connectivity index (χ3n) is 5.56. The van der Waals surface area contributed by atoms with Gasteiger partial charge < -0.3 is 14.5 Å². The van der Waals surface area contributed by atoms with Crippen molar-refractivity contribution in [2.45, 2.75) is 32.1 Å². The zero-order valence-electron chi connectivity index (χ0n) is 18.4. The van der Waals surface area contributed by atoms with Crippen LogP contribution in [0.3, 0.4) is 0 Å². The van der Waals surface area contributed by atoms with Crippen LogP contribution < -0.4 is 4.90 Å². The number of rotatable bonds is 9. The van der Waals surface area contributed by atoms with E-state index < -0.39 is 0 Å². The molecule has 1 saturated heterocycles. The number of nitrogens with zero attached hydrogens (tertiary/aromatic N) is 3. The number of halogens is 1. The quantitative estimate of drug-likeness (QED) is 0.429. The predicted molar refractivity (Wildman–Crippen MR) is 128 cm³/mol. The average molecular weight is 436 g/mol. The van der Waals surface area contributed by atoms with Gasteiger partial charge >= 0.3 is 0 Å². The van der Waals surface area contributed by atoms with Gasteiger partial charge in [0.05, 0.1) is 0 Å². The van der Waals surface area contributed by atoms with Crippen LogP contribution in [0.2, 0.25) is 5.02 Å². The van der Waals surface area contributed by atoms with Crippen molar-refractivity contribution in [3.05, 3.63) is 101 Å². The lowest BCUT2D eigenvalue weighted by atomic mass is 10.1. The molecule has 2 unspecified atom stereocenters. The summed E-state index contributed by atoms with van der Waals surface area (Å²) in [5, 5.41) is 0.760. The van der Waals surface area contributed by atoms with E-state index in [9.17, 15) is 0 Å². The Kier molecular flexibility index (Phi) is 6.93. The summed E-state index contributed by atoms with van der Waals surface area (Å²) in [5.41, 5.74) is 5.00. The van der Waals surface area contributed by atoms with Crippen LogP contribution in [0.25, 0.3) is 0 Å². The summed E-state index contributed by atoms with van der Waals surface area (Å²) in [5.74, 6) is 0. The molecule has 0 amide bonds. The van der Waals surface area contributed by atoms with Gasteiger partial charge in [-0.3, -0.25) is 4.90 Å². The van der Waals surface area contributed by atoms with Gasteiger partial charge in [0, 0.05) is 37.4 Å². The van der Waals surface area contributed by atoms with E-state index in [1.165, 1.54) is 16.7 Å². The number of ether oxygens (including phenoxy) is 1. The molecule has 3 aromatic carbocycles. The standard InChI is InChI=1S/C26H30ClN3O/c1-28(2)17-20-9-11-21(12-10-20)18-30(19-22-13-15-23(27)16-14-22)26-25(31-26)29(3)24-7-5-4-6-8-24/h4-16,25-26H,17-19H2,1-3H3. The molecule has 2 atom stereocenters. The maximum atomic E-state index is 6.16. The van der Waals surface area contributed by atoms with E-state index in [1.54, 1.807) is 0 Å². The van der Waals surface area contributed by atoms with Crippen molar-refractivity contribution < 1.29 is 4.74 Å². The van der Waals surface area contributed by atoms with E-state index in [2.05, 4.69) is 96.5 Å². The Labute approximate surface area is 190 Å². The molecule has 0 bridgehead atoms. The first-order valence-corrected chi connectivity index (χ1v) is 11.0. The van der Waals surface area contributed by atoms with Gasteiger partial charge in [-0.1, -0.05) is 66.2 Å². The van der Waals surface area contributed by atoms with Gasteiger partial charge in [0.25, 0.3) is 0 Å². The topological polar surface area (TPSA) is 22.2 Å². The molecular formula is C26H30ClN3O. The monoisotopic (exact) mass is 435 g/mol. The van der Waals surface area contributed by atoms with Crippen LogP contribution in [0.5, 0.6) is 0 Å². The number of epoxide rings is 1. The molecule has 0 radical (unpaired) electrons. The second-order valence-electron chi connectivity index (χ2n) is 8.45. The van der Waals surface area contributed by atoms with Crippen molar-refractivity contribution in [1.82, 2.24) is 9.80 Å². The molecule has 0 aliphatic carbocycles. The highest BCUT2D eigenvalue weighted by atomic mass is 35.5. The van der Waals surface area contributed by atoms with Crippen LogP contribution in [-0.2, 0) is 24.4 Å². The summed E-state index contributed by atoms with van der Waals surface area (Å²) in [6.45, 7) is 2.58. The van der Waals surface area contributed by atoms with Crippen molar-refractivity contribution >= 4 is 17.3 Å².